The van der Waals surface area contributed by atoms with Gasteiger partial charge < -0.3 is 10.0 Å². The Balaban J connectivity index is 2.83. The zero-order valence-corrected chi connectivity index (χ0v) is 12.4. The van der Waals surface area contributed by atoms with Crippen LogP contribution in [0.25, 0.3) is 0 Å². The Hall–Kier alpha value is -1.02. The Bertz CT molecular complexity index is 331. The summed E-state index contributed by atoms with van der Waals surface area (Å²) < 4.78 is 0. The third-order valence-corrected chi connectivity index (χ3v) is 2.91. The minimum Gasteiger partial charge on any atom is -0.389 e. The van der Waals surface area contributed by atoms with Gasteiger partial charge in [-0.2, -0.15) is 0 Å². The summed E-state index contributed by atoms with van der Waals surface area (Å²) in [6.07, 6.45) is -0.386. The molecular formula is C16H27NO. The van der Waals surface area contributed by atoms with Gasteiger partial charge in [0.15, 0.2) is 0 Å². The quantitative estimate of drug-likeness (QED) is 0.827. The Morgan fingerprint density at radius 1 is 0.889 bits per heavy atom. The Morgan fingerprint density at radius 3 is 1.67 bits per heavy atom. The van der Waals surface area contributed by atoms with Gasteiger partial charge in [0.2, 0.25) is 0 Å². The van der Waals surface area contributed by atoms with Crippen LogP contribution in [0.5, 0.6) is 0 Å². The van der Waals surface area contributed by atoms with Crippen molar-refractivity contribution in [3.63, 3.8) is 0 Å². The van der Waals surface area contributed by atoms with Crippen LogP contribution >= 0.6 is 0 Å². The normalized spacial score (nSPS) is 13.1. The average molecular weight is 249 g/mol. The molecule has 1 rings (SSSR count). The molecule has 0 fully saturated rings. The van der Waals surface area contributed by atoms with E-state index in [0.29, 0.717) is 11.8 Å². The maximum Gasteiger partial charge on any atom is 0.0761 e. The van der Waals surface area contributed by atoms with Crippen molar-refractivity contribution >= 4 is 5.69 Å². The molecule has 18 heavy (non-hydrogen) atoms. The molecule has 0 unspecified atom stereocenters. The van der Waals surface area contributed by atoms with E-state index in [2.05, 4.69) is 44.7 Å². The van der Waals surface area contributed by atoms with E-state index in [1.54, 1.807) is 6.92 Å². The van der Waals surface area contributed by atoms with E-state index in [4.69, 9.17) is 0 Å². The third kappa shape index (κ3) is 4.69. The highest BCUT2D eigenvalue weighted by molar-refractivity contribution is 5.48. The van der Waals surface area contributed by atoms with Gasteiger partial charge in [0.1, 0.15) is 0 Å². The van der Waals surface area contributed by atoms with Gasteiger partial charge in [-0.05, 0) is 36.5 Å². The minimum absolute atomic E-state index is 0.386. The summed E-state index contributed by atoms with van der Waals surface area (Å²) in [4.78, 5) is 2.43. The zero-order valence-electron chi connectivity index (χ0n) is 12.4. The van der Waals surface area contributed by atoms with Crippen molar-refractivity contribution in [1.82, 2.24) is 0 Å². The molecule has 1 N–H and O–H groups in total. The van der Waals surface area contributed by atoms with Crippen LogP contribution in [0.1, 0.15) is 46.3 Å². The molecule has 1 atom stereocenters. The SMILES string of the molecule is CC(C)CN(CC(C)C)c1ccc([C@@H](C)O)cc1. The predicted octanol–water partition coefficient (Wildman–Crippen LogP) is 3.86. The van der Waals surface area contributed by atoms with Crippen LogP contribution in [-0.4, -0.2) is 18.2 Å². The number of hydrogen-bond acceptors (Lipinski definition) is 2. The number of nitrogens with zero attached hydrogens (tertiary/aromatic N) is 1. The van der Waals surface area contributed by atoms with Crippen LogP contribution < -0.4 is 4.90 Å². The molecule has 0 saturated carbocycles. The number of benzene rings is 1. The first-order valence-electron chi connectivity index (χ1n) is 6.93. The standard InChI is InChI=1S/C16H27NO/c1-12(2)10-17(11-13(3)4)16-8-6-15(7-9-16)14(5)18/h6-9,12-14,18H,10-11H2,1-5H3/t14-/m1/s1. The second kappa shape index (κ2) is 6.79. The first-order valence-corrected chi connectivity index (χ1v) is 6.93. The van der Waals surface area contributed by atoms with E-state index in [1.165, 1.54) is 5.69 Å². The molecule has 0 bridgehead atoms. The van der Waals surface area contributed by atoms with Gasteiger partial charge in [0.05, 0.1) is 6.10 Å². The summed E-state index contributed by atoms with van der Waals surface area (Å²) in [5, 5.41) is 9.53. The molecule has 102 valence electrons. The van der Waals surface area contributed by atoms with Gasteiger partial charge in [0, 0.05) is 18.8 Å². The third-order valence-electron chi connectivity index (χ3n) is 2.91. The Kier molecular flexibility index (Phi) is 5.67. The first-order chi connectivity index (χ1) is 8.40. The number of aliphatic hydroxyl groups is 1. The van der Waals surface area contributed by atoms with Gasteiger partial charge in [-0.1, -0.05) is 39.8 Å². The van der Waals surface area contributed by atoms with Gasteiger partial charge in [-0.15, -0.1) is 0 Å². The van der Waals surface area contributed by atoms with E-state index >= 15 is 0 Å². The molecule has 1 aromatic rings. The molecule has 0 heterocycles. The molecule has 1 aromatic carbocycles. The number of aliphatic hydroxyl groups excluding tert-OH is 1. The summed E-state index contributed by atoms with van der Waals surface area (Å²) in [5.41, 5.74) is 2.23. The minimum atomic E-state index is -0.386. The van der Waals surface area contributed by atoms with Crippen LogP contribution in [0, 0.1) is 11.8 Å². The van der Waals surface area contributed by atoms with Crippen molar-refractivity contribution < 1.29 is 5.11 Å². The van der Waals surface area contributed by atoms with Gasteiger partial charge in [-0.3, -0.25) is 0 Å². The molecule has 0 amide bonds. The lowest BCUT2D eigenvalue weighted by molar-refractivity contribution is 0.199. The highest BCUT2D eigenvalue weighted by Gasteiger charge is 2.11. The lowest BCUT2D eigenvalue weighted by Gasteiger charge is -2.28. The molecule has 2 nitrogen and oxygen atoms in total. The van der Waals surface area contributed by atoms with Gasteiger partial charge >= 0.3 is 0 Å². The van der Waals surface area contributed by atoms with Crippen molar-refractivity contribution in [2.45, 2.75) is 40.7 Å². The Labute approximate surface area is 112 Å². The highest BCUT2D eigenvalue weighted by atomic mass is 16.3. The fraction of sp³-hybridized carbons (Fsp3) is 0.625. The molecular weight excluding hydrogens is 222 g/mol. The van der Waals surface area contributed by atoms with E-state index in [1.807, 2.05) is 12.1 Å². The van der Waals surface area contributed by atoms with Crippen molar-refractivity contribution in [2.75, 3.05) is 18.0 Å². The number of anilines is 1. The molecule has 0 aliphatic rings. The van der Waals surface area contributed by atoms with Gasteiger partial charge in [0.25, 0.3) is 0 Å². The predicted molar refractivity (Wildman–Crippen MR) is 79.0 cm³/mol. The molecule has 0 saturated heterocycles. The molecule has 0 radical (unpaired) electrons. The van der Waals surface area contributed by atoms with Gasteiger partial charge in [-0.25, -0.2) is 0 Å². The summed E-state index contributed by atoms with van der Waals surface area (Å²) >= 11 is 0. The molecule has 2 heteroatoms. The smallest absolute Gasteiger partial charge is 0.0761 e. The molecule has 0 spiro atoms. The average Bonchev–Trinajstić information content (AvgIpc) is 2.27. The maximum absolute atomic E-state index is 9.53. The summed E-state index contributed by atoms with van der Waals surface area (Å²) in [6.45, 7) is 12.9. The largest absolute Gasteiger partial charge is 0.389 e. The Morgan fingerprint density at radius 2 is 1.33 bits per heavy atom. The fourth-order valence-electron chi connectivity index (χ4n) is 2.13. The second-order valence-electron chi connectivity index (χ2n) is 5.96. The van der Waals surface area contributed by atoms with Crippen LogP contribution in [0.2, 0.25) is 0 Å². The summed E-state index contributed by atoms with van der Waals surface area (Å²) in [5.74, 6) is 1.31. The van der Waals surface area contributed by atoms with Crippen LogP contribution in [-0.2, 0) is 0 Å². The zero-order chi connectivity index (χ0) is 13.7. The highest BCUT2D eigenvalue weighted by Crippen LogP contribution is 2.21. The summed E-state index contributed by atoms with van der Waals surface area (Å²) in [7, 11) is 0. The van der Waals surface area contributed by atoms with E-state index < -0.39 is 0 Å². The van der Waals surface area contributed by atoms with Crippen molar-refractivity contribution in [3.05, 3.63) is 29.8 Å². The first kappa shape index (κ1) is 15.0. The van der Waals surface area contributed by atoms with Crippen molar-refractivity contribution in [3.8, 4) is 0 Å². The van der Waals surface area contributed by atoms with E-state index in [-0.39, 0.29) is 6.10 Å². The fourth-order valence-corrected chi connectivity index (χ4v) is 2.13. The van der Waals surface area contributed by atoms with Crippen molar-refractivity contribution in [1.29, 1.82) is 0 Å². The van der Waals surface area contributed by atoms with E-state index in [9.17, 15) is 5.11 Å². The molecule has 0 aliphatic carbocycles. The van der Waals surface area contributed by atoms with Crippen molar-refractivity contribution in [2.24, 2.45) is 11.8 Å². The monoisotopic (exact) mass is 249 g/mol. The second-order valence-corrected chi connectivity index (χ2v) is 5.96. The lowest BCUT2D eigenvalue weighted by Crippen LogP contribution is -2.31. The molecule has 0 aromatic heterocycles. The van der Waals surface area contributed by atoms with Crippen LogP contribution in [0.15, 0.2) is 24.3 Å². The topological polar surface area (TPSA) is 23.5 Å². The number of hydrogen-bond donors (Lipinski definition) is 1. The lowest BCUT2D eigenvalue weighted by atomic mass is 10.1. The maximum atomic E-state index is 9.53. The van der Waals surface area contributed by atoms with Crippen LogP contribution in [0.4, 0.5) is 5.69 Å². The van der Waals surface area contributed by atoms with E-state index in [0.717, 1.165) is 18.7 Å². The van der Waals surface area contributed by atoms with Crippen LogP contribution in [0.3, 0.4) is 0 Å². The summed E-state index contributed by atoms with van der Waals surface area (Å²) in [6, 6.07) is 8.28. The number of rotatable bonds is 6. The molecule has 0 aliphatic heterocycles.